The first-order chi connectivity index (χ1) is 12.4. The third-order valence-electron chi connectivity index (χ3n) is 3.57. The molecule has 1 heterocycles. The molecular formula is C18H23N3O5. The van der Waals surface area contributed by atoms with Gasteiger partial charge in [0.15, 0.2) is 0 Å². The van der Waals surface area contributed by atoms with Gasteiger partial charge in [0, 0.05) is 18.2 Å². The van der Waals surface area contributed by atoms with E-state index in [1.807, 2.05) is 25.1 Å². The van der Waals surface area contributed by atoms with Crippen molar-refractivity contribution in [1.82, 2.24) is 10.1 Å². The van der Waals surface area contributed by atoms with Crippen LogP contribution in [-0.4, -0.2) is 48.4 Å². The van der Waals surface area contributed by atoms with Crippen LogP contribution >= 0.6 is 0 Å². The number of anilines is 1. The summed E-state index contributed by atoms with van der Waals surface area (Å²) in [6.07, 6.45) is 0. The molecule has 2 rings (SSSR count). The molecule has 0 amide bonds. The van der Waals surface area contributed by atoms with Crippen molar-refractivity contribution in [3.8, 4) is 11.4 Å². The summed E-state index contributed by atoms with van der Waals surface area (Å²) in [5.74, 6) is 0.149. The molecule has 26 heavy (non-hydrogen) atoms. The predicted octanol–water partition coefficient (Wildman–Crippen LogP) is 2.29. The summed E-state index contributed by atoms with van der Waals surface area (Å²) in [5, 5.41) is 3.90. The van der Waals surface area contributed by atoms with Crippen molar-refractivity contribution in [2.45, 2.75) is 27.7 Å². The summed E-state index contributed by atoms with van der Waals surface area (Å²) in [5.41, 5.74) is 2.38. The molecule has 0 bridgehead atoms. The Labute approximate surface area is 152 Å². The molecule has 0 saturated heterocycles. The monoisotopic (exact) mass is 361 g/mol. The van der Waals surface area contributed by atoms with Crippen LogP contribution in [0.25, 0.3) is 11.4 Å². The minimum absolute atomic E-state index is 0.0475. The number of esters is 2. The van der Waals surface area contributed by atoms with Crippen LogP contribution in [0.4, 0.5) is 5.69 Å². The summed E-state index contributed by atoms with van der Waals surface area (Å²) >= 11 is 0. The van der Waals surface area contributed by atoms with Gasteiger partial charge in [0.2, 0.25) is 11.7 Å². The number of ether oxygens (including phenoxy) is 2. The Balaban J connectivity index is 2.27. The zero-order chi connectivity index (χ0) is 19.1. The van der Waals surface area contributed by atoms with E-state index in [4.69, 9.17) is 14.0 Å². The molecule has 8 nitrogen and oxygen atoms in total. The highest BCUT2D eigenvalue weighted by molar-refractivity contribution is 5.82. The molecular weight excluding hydrogens is 338 g/mol. The Morgan fingerprint density at radius 3 is 2.15 bits per heavy atom. The molecule has 2 aromatic rings. The van der Waals surface area contributed by atoms with Crippen LogP contribution in [0.3, 0.4) is 0 Å². The largest absolute Gasteiger partial charge is 0.465 e. The lowest BCUT2D eigenvalue weighted by atomic mass is 10.1. The predicted molar refractivity (Wildman–Crippen MR) is 94.7 cm³/mol. The van der Waals surface area contributed by atoms with Crippen LogP contribution in [0, 0.1) is 13.8 Å². The van der Waals surface area contributed by atoms with E-state index >= 15 is 0 Å². The van der Waals surface area contributed by atoms with Crippen LogP contribution in [0.1, 0.15) is 25.3 Å². The van der Waals surface area contributed by atoms with Gasteiger partial charge < -0.3 is 18.9 Å². The zero-order valence-electron chi connectivity index (χ0n) is 15.4. The summed E-state index contributed by atoms with van der Waals surface area (Å²) in [4.78, 5) is 29.7. The normalized spacial score (nSPS) is 10.5. The average Bonchev–Trinajstić information content (AvgIpc) is 3.01. The fraction of sp³-hybridized carbons (Fsp3) is 0.444. The van der Waals surface area contributed by atoms with Crippen molar-refractivity contribution in [2.75, 3.05) is 31.2 Å². The zero-order valence-corrected chi connectivity index (χ0v) is 15.4. The average molecular weight is 361 g/mol. The lowest BCUT2D eigenvalue weighted by Gasteiger charge is -2.24. The molecule has 0 saturated carbocycles. The van der Waals surface area contributed by atoms with E-state index in [9.17, 15) is 9.59 Å². The number of carbonyl (C=O) groups excluding carboxylic acids is 2. The van der Waals surface area contributed by atoms with Gasteiger partial charge in [0.25, 0.3) is 0 Å². The molecule has 1 aromatic carbocycles. The van der Waals surface area contributed by atoms with Gasteiger partial charge in [0.05, 0.1) is 13.2 Å². The molecule has 0 aliphatic heterocycles. The molecule has 0 spiro atoms. The number of nitrogens with zero attached hydrogens (tertiary/aromatic N) is 3. The first-order valence-corrected chi connectivity index (χ1v) is 8.42. The van der Waals surface area contributed by atoms with Gasteiger partial charge >= 0.3 is 11.9 Å². The van der Waals surface area contributed by atoms with Gasteiger partial charge in [-0.05, 0) is 44.5 Å². The second-order valence-electron chi connectivity index (χ2n) is 5.60. The van der Waals surface area contributed by atoms with Crippen molar-refractivity contribution in [2.24, 2.45) is 0 Å². The topological polar surface area (TPSA) is 94.8 Å². The second kappa shape index (κ2) is 8.98. The number of benzene rings is 1. The van der Waals surface area contributed by atoms with E-state index in [-0.39, 0.29) is 26.3 Å². The van der Waals surface area contributed by atoms with Gasteiger partial charge in [-0.25, -0.2) is 0 Å². The molecule has 0 radical (unpaired) electrons. The van der Waals surface area contributed by atoms with Crippen molar-refractivity contribution in [3.63, 3.8) is 0 Å². The van der Waals surface area contributed by atoms with Crippen molar-refractivity contribution >= 4 is 17.6 Å². The third-order valence-corrected chi connectivity index (χ3v) is 3.57. The molecule has 8 heteroatoms. The number of hydrogen-bond donors (Lipinski definition) is 0. The van der Waals surface area contributed by atoms with E-state index in [0.717, 1.165) is 16.8 Å². The van der Waals surface area contributed by atoms with Crippen molar-refractivity contribution in [1.29, 1.82) is 0 Å². The molecule has 0 unspecified atom stereocenters. The molecule has 140 valence electrons. The first-order valence-electron chi connectivity index (χ1n) is 8.42. The minimum atomic E-state index is -0.408. The van der Waals surface area contributed by atoms with Crippen LogP contribution in [0.15, 0.2) is 22.7 Å². The van der Waals surface area contributed by atoms with E-state index in [1.54, 1.807) is 25.7 Å². The molecule has 0 atom stereocenters. The summed E-state index contributed by atoms with van der Waals surface area (Å²) in [6, 6.07) is 5.51. The highest BCUT2D eigenvalue weighted by atomic mass is 16.5. The smallest absolute Gasteiger partial charge is 0.325 e. The highest BCUT2D eigenvalue weighted by Crippen LogP contribution is 2.26. The van der Waals surface area contributed by atoms with Crippen molar-refractivity contribution in [3.05, 3.63) is 29.7 Å². The van der Waals surface area contributed by atoms with Crippen LogP contribution in [-0.2, 0) is 19.1 Å². The standard InChI is InChI=1S/C18H23N3O5/c1-5-24-16(22)10-21(11-17(23)25-6-2)15-8-7-14(9-12(15)3)18-19-13(4)26-20-18/h7-9H,5-6,10-11H2,1-4H3. The molecule has 1 aromatic heterocycles. The summed E-state index contributed by atoms with van der Waals surface area (Å²) in [7, 11) is 0. The maximum Gasteiger partial charge on any atom is 0.325 e. The van der Waals surface area contributed by atoms with Gasteiger partial charge in [-0.2, -0.15) is 4.98 Å². The number of aromatic nitrogens is 2. The fourth-order valence-corrected chi connectivity index (χ4v) is 2.52. The van der Waals surface area contributed by atoms with Crippen LogP contribution in [0.2, 0.25) is 0 Å². The Morgan fingerprint density at radius 1 is 1.08 bits per heavy atom. The molecule has 0 aliphatic carbocycles. The Bertz CT molecular complexity index is 752. The van der Waals surface area contributed by atoms with Crippen LogP contribution in [0.5, 0.6) is 0 Å². The van der Waals surface area contributed by atoms with Gasteiger partial charge in [0.1, 0.15) is 13.1 Å². The highest BCUT2D eigenvalue weighted by Gasteiger charge is 2.19. The maximum atomic E-state index is 11.9. The molecule has 0 aliphatic rings. The Kier molecular flexibility index (Phi) is 6.71. The summed E-state index contributed by atoms with van der Waals surface area (Å²) < 4.78 is 15.0. The van der Waals surface area contributed by atoms with Gasteiger partial charge in [-0.3, -0.25) is 9.59 Å². The van der Waals surface area contributed by atoms with Gasteiger partial charge in [-0.15, -0.1) is 0 Å². The van der Waals surface area contributed by atoms with E-state index in [1.165, 1.54) is 0 Å². The summed E-state index contributed by atoms with van der Waals surface area (Å²) in [6.45, 7) is 7.54. The lowest BCUT2D eigenvalue weighted by Crippen LogP contribution is -2.36. The quantitative estimate of drug-likeness (QED) is 0.661. The van der Waals surface area contributed by atoms with E-state index in [2.05, 4.69) is 10.1 Å². The second-order valence-corrected chi connectivity index (χ2v) is 5.60. The minimum Gasteiger partial charge on any atom is -0.465 e. The maximum absolute atomic E-state index is 11.9. The fourth-order valence-electron chi connectivity index (χ4n) is 2.52. The van der Waals surface area contributed by atoms with Gasteiger partial charge in [-0.1, -0.05) is 5.16 Å². The number of hydrogen-bond acceptors (Lipinski definition) is 8. The van der Waals surface area contributed by atoms with Crippen LogP contribution < -0.4 is 4.90 Å². The number of aryl methyl sites for hydroxylation is 2. The van der Waals surface area contributed by atoms with Crippen molar-refractivity contribution < 1.29 is 23.6 Å². The first kappa shape index (κ1) is 19.4. The molecule has 0 N–H and O–H groups in total. The third kappa shape index (κ3) is 5.05. The lowest BCUT2D eigenvalue weighted by molar-refractivity contribution is -0.142. The van der Waals surface area contributed by atoms with E-state index < -0.39 is 11.9 Å². The Hall–Kier alpha value is -2.90. The van der Waals surface area contributed by atoms with E-state index in [0.29, 0.717) is 11.7 Å². The Morgan fingerprint density at radius 2 is 1.69 bits per heavy atom. The molecule has 0 fully saturated rings. The number of rotatable bonds is 8. The SMILES string of the molecule is CCOC(=O)CN(CC(=O)OCC)c1ccc(-c2noc(C)n2)cc1C. The number of carbonyl (C=O) groups is 2.